The van der Waals surface area contributed by atoms with E-state index in [1.807, 2.05) is 0 Å². The Balaban J connectivity index is 1.55. The van der Waals surface area contributed by atoms with Crippen molar-refractivity contribution in [3.8, 4) is 11.5 Å². The van der Waals surface area contributed by atoms with Gasteiger partial charge in [-0.1, -0.05) is 13.8 Å². The van der Waals surface area contributed by atoms with Gasteiger partial charge >= 0.3 is 0 Å². The van der Waals surface area contributed by atoms with Crippen LogP contribution in [0.1, 0.15) is 50.7 Å². The largest absolute Gasteiger partial charge is 0.493 e. The van der Waals surface area contributed by atoms with Crippen molar-refractivity contribution in [2.45, 2.75) is 52.4 Å². The summed E-state index contributed by atoms with van der Waals surface area (Å²) >= 11 is 0. The Morgan fingerprint density at radius 1 is 1.07 bits per heavy atom. The van der Waals surface area contributed by atoms with Gasteiger partial charge in [0.1, 0.15) is 5.82 Å². The lowest BCUT2D eigenvalue weighted by atomic mass is 10.0. The van der Waals surface area contributed by atoms with Crippen molar-refractivity contribution in [3.05, 3.63) is 23.3 Å². The molecule has 1 aromatic heterocycles. The predicted octanol–water partition coefficient (Wildman–Crippen LogP) is 4.66. The van der Waals surface area contributed by atoms with Gasteiger partial charge in [0, 0.05) is 24.5 Å². The highest BCUT2D eigenvalue weighted by Gasteiger charge is 2.22. The third-order valence-corrected chi connectivity index (χ3v) is 6.10. The second-order valence-corrected chi connectivity index (χ2v) is 8.82. The first-order valence-corrected chi connectivity index (χ1v) is 11.3. The number of ether oxygens (including phenoxy) is 2. The Morgan fingerprint density at radius 2 is 1.86 bits per heavy atom. The minimum atomic E-state index is 0.593. The number of nitrogens with zero attached hydrogens (tertiary/aromatic N) is 2. The highest BCUT2D eigenvalue weighted by molar-refractivity contribution is 5.89. The molecule has 0 bridgehead atoms. The van der Waals surface area contributed by atoms with Gasteiger partial charge in [-0.05, 0) is 74.7 Å². The number of hydrogen-bond donors (Lipinski definition) is 1. The summed E-state index contributed by atoms with van der Waals surface area (Å²) in [7, 11) is 1.73. The van der Waals surface area contributed by atoms with Gasteiger partial charge in [-0.2, -0.15) is 0 Å². The molecule has 158 valence electrons. The molecule has 2 aromatic rings. The van der Waals surface area contributed by atoms with E-state index < -0.39 is 0 Å². The molecule has 1 fully saturated rings. The Labute approximate surface area is 174 Å². The molecule has 2 heterocycles. The first kappa shape index (κ1) is 20.3. The highest BCUT2D eigenvalue weighted by atomic mass is 16.5. The van der Waals surface area contributed by atoms with E-state index in [1.54, 1.807) is 7.11 Å². The minimum Gasteiger partial charge on any atom is -0.493 e. The van der Waals surface area contributed by atoms with Crippen LogP contribution in [0, 0.1) is 5.92 Å². The van der Waals surface area contributed by atoms with Gasteiger partial charge in [-0.15, -0.1) is 0 Å². The molecular weight excluding hydrogens is 362 g/mol. The van der Waals surface area contributed by atoms with Crippen LogP contribution in [0.4, 0.5) is 5.82 Å². The molecule has 29 heavy (non-hydrogen) atoms. The molecule has 4 rings (SSSR count). The average Bonchev–Trinajstić information content (AvgIpc) is 3.40. The van der Waals surface area contributed by atoms with Crippen LogP contribution in [-0.4, -0.2) is 49.8 Å². The van der Waals surface area contributed by atoms with Crippen LogP contribution >= 0.6 is 0 Å². The van der Waals surface area contributed by atoms with Gasteiger partial charge in [0.2, 0.25) is 0 Å². The smallest absolute Gasteiger partial charge is 0.163 e. The summed E-state index contributed by atoms with van der Waals surface area (Å²) in [4.78, 5) is 7.52. The number of rotatable bonds is 9. The zero-order valence-corrected chi connectivity index (χ0v) is 18.2. The molecule has 0 atom stereocenters. The standard InChI is InChI=1S/C24H35N3O2/c1-17(2)16-25-24-19-9-6-8-18(19)20-14-22(28-3)23(15-21(20)26-24)29-13-7-12-27-10-4-5-11-27/h14-15,17H,4-13,16H2,1-3H3,(H,25,26). The molecule has 0 saturated carbocycles. The van der Waals surface area contributed by atoms with E-state index in [1.165, 1.54) is 48.9 Å². The number of fused-ring (bicyclic) bond motifs is 3. The van der Waals surface area contributed by atoms with Crippen LogP contribution in [0.3, 0.4) is 0 Å². The summed E-state index contributed by atoms with van der Waals surface area (Å²) in [5.41, 5.74) is 3.83. The number of hydrogen-bond acceptors (Lipinski definition) is 5. The zero-order valence-electron chi connectivity index (χ0n) is 18.2. The third-order valence-electron chi connectivity index (χ3n) is 6.10. The predicted molar refractivity (Wildman–Crippen MR) is 119 cm³/mol. The monoisotopic (exact) mass is 397 g/mol. The van der Waals surface area contributed by atoms with E-state index in [-0.39, 0.29) is 0 Å². The van der Waals surface area contributed by atoms with Crippen molar-refractivity contribution in [3.63, 3.8) is 0 Å². The molecule has 0 spiro atoms. The number of aromatic nitrogens is 1. The first-order chi connectivity index (χ1) is 14.2. The summed E-state index contributed by atoms with van der Waals surface area (Å²) in [6, 6.07) is 4.21. The molecule has 1 aliphatic carbocycles. The molecule has 1 aliphatic heterocycles. The van der Waals surface area contributed by atoms with Gasteiger partial charge < -0.3 is 19.7 Å². The Morgan fingerprint density at radius 3 is 2.62 bits per heavy atom. The van der Waals surface area contributed by atoms with Crippen molar-refractivity contribution < 1.29 is 9.47 Å². The summed E-state index contributed by atoms with van der Waals surface area (Å²) < 4.78 is 11.8. The number of likely N-dealkylation sites (tertiary alicyclic amines) is 1. The number of methoxy groups -OCH3 is 1. The van der Waals surface area contributed by atoms with Crippen LogP contribution in [-0.2, 0) is 12.8 Å². The third kappa shape index (κ3) is 4.61. The summed E-state index contributed by atoms with van der Waals surface area (Å²) in [5, 5.41) is 4.80. The number of anilines is 1. The summed E-state index contributed by atoms with van der Waals surface area (Å²) in [6.45, 7) is 9.70. The van der Waals surface area contributed by atoms with Crippen molar-refractivity contribution in [1.82, 2.24) is 9.88 Å². The quantitative estimate of drug-likeness (QED) is 0.623. The van der Waals surface area contributed by atoms with Crippen molar-refractivity contribution in [2.75, 3.05) is 45.2 Å². The van der Waals surface area contributed by atoms with Crippen LogP contribution in [0.2, 0.25) is 0 Å². The van der Waals surface area contributed by atoms with Gasteiger partial charge in [-0.3, -0.25) is 0 Å². The molecule has 0 radical (unpaired) electrons. The Bertz CT molecular complexity index is 844. The van der Waals surface area contributed by atoms with Crippen LogP contribution in [0.5, 0.6) is 11.5 Å². The average molecular weight is 398 g/mol. The maximum Gasteiger partial charge on any atom is 0.163 e. The summed E-state index contributed by atoms with van der Waals surface area (Å²) in [6.07, 6.45) is 7.13. The maximum atomic E-state index is 6.14. The number of aryl methyl sites for hydroxylation is 1. The lowest BCUT2D eigenvalue weighted by Gasteiger charge is -2.18. The SMILES string of the molecule is COc1cc2c3c(c(NCC(C)C)nc2cc1OCCCN1CCCC1)CCC3. The van der Waals surface area contributed by atoms with Crippen molar-refractivity contribution in [2.24, 2.45) is 5.92 Å². The van der Waals surface area contributed by atoms with Crippen molar-refractivity contribution in [1.29, 1.82) is 0 Å². The van der Waals surface area contributed by atoms with Crippen LogP contribution in [0.25, 0.3) is 10.9 Å². The lowest BCUT2D eigenvalue weighted by molar-refractivity contribution is 0.254. The molecular formula is C24H35N3O2. The number of pyridine rings is 1. The second kappa shape index (κ2) is 9.21. The van der Waals surface area contributed by atoms with Crippen LogP contribution < -0.4 is 14.8 Å². The number of nitrogens with one attached hydrogen (secondary N) is 1. The Kier molecular flexibility index (Phi) is 6.43. The molecule has 2 aliphatic rings. The van der Waals surface area contributed by atoms with E-state index in [2.05, 4.69) is 36.2 Å². The fourth-order valence-corrected chi connectivity index (χ4v) is 4.57. The second-order valence-electron chi connectivity index (χ2n) is 8.82. The topological polar surface area (TPSA) is 46.6 Å². The molecule has 0 unspecified atom stereocenters. The fraction of sp³-hybridized carbons (Fsp3) is 0.625. The fourth-order valence-electron chi connectivity index (χ4n) is 4.57. The maximum absolute atomic E-state index is 6.14. The van der Waals surface area contributed by atoms with Crippen molar-refractivity contribution >= 4 is 16.7 Å². The number of benzene rings is 1. The highest BCUT2D eigenvalue weighted by Crippen LogP contribution is 2.39. The van der Waals surface area contributed by atoms with E-state index in [9.17, 15) is 0 Å². The molecule has 5 heteroatoms. The normalized spacial score (nSPS) is 16.6. The molecule has 1 aromatic carbocycles. The van der Waals surface area contributed by atoms with E-state index in [0.29, 0.717) is 12.5 Å². The van der Waals surface area contributed by atoms with E-state index in [0.717, 1.165) is 55.2 Å². The molecule has 1 saturated heterocycles. The molecule has 1 N–H and O–H groups in total. The van der Waals surface area contributed by atoms with Gasteiger partial charge in [-0.25, -0.2) is 4.98 Å². The summed E-state index contributed by atoms with van der Waals surface area (Å²) in [5.74, 6) is 3.28. The minimum absolute atomic E-state index is 0.593. The van der Waals surface area contributed by atoms with Gasteiger partial charge in [0.05, 0.1) is 19.2 Å². The molecule has 0 amide bonds. The zero-order chi connectivity index (χ0) is 20.2. The van der Waals surface area contributed by atoms with Gasteiger partial charge in [0.25, 0.3) is 0 Å². The van der Waals surface area contributed by atoms with Crippen LogP contribution in [0.15, 0.2) is 12.1 Å². The van der Waals surface area contributed by atoms with Gasteiger partial charge in [0.15, 0.2) is 11.5 Å². The first-order valence-electron chi connectivity index (χ1n) is 11.3. The Hall–Kier alpha value is -2.01. The van der Waals surface area contributed by atoms with E-state index in [4.69, 9.17) is 14.5 Å². The van der Waals surface area contributed by atoms with E-state index >= 15 is 0 Å². The lowest BCUT2D eigenvalue weighted by Crippen LogP contribution is -2.21. The molecule has 5 nitrogen and oxygen atoms in total.